The predicted molar refractivity (Wildman–Crippen MR) is 231 cm³/mol. The van der Waals surface area contributed by atoms with Crippen molar-refractivity contribution in [3.63, 3.8) is 0 Å². The smallest absolute Gasteiger partial charge is 0.240 e. The van der Waals surface area contributed by atoms with Gasteiger partial charge in [-0.15, -0.1) is 11.3 Å². The summed E-state index contributed by atoms with van der Waals surface area (Å²) in [6.45, 7) is 6.39. The molecule has 0 radical (unpaired) electrons. The number of sulfonamides is 1. The van der Waals surface area contributed by atoms with Gasteiger partial charge >= 0.3 is 0 Å². The van der Waals surface area contributed by atoms with Gasteiger partial charge < -0.3 is 14.4 Å². The molecule has 9 rings (SSSR count). The molecule has 2 unspecified atom stereocenters. The lowest BCUT2D eigenvalue weighted by atomic mass is 9.89. The fraction of sp³-hybridized carbons (Fsp3) is 0.553. The maximum Gasteiger partial charge on any atom is 0.240 e. The Labute approximate surface area is 357 Å². The highest BCUT2D eigenvalue weighted by molar-refractivity contribution is 7.90. The van der Waals surface area contributed by atoms with Crippen molar-refractivity contribution in [1.82, 2.24) is 19.6 Å². The van der Waals surface area contributed by atoms with Crippen molar-refractivity contribution in [3.8, 4) is 22.2 Å². The highest BCUT2D eigenvalue weighted by Gasteiger charge is 2.68. The number of ketones is 1. The SMILES string of the molecule is COc1ccc2c(O[C@@H]3C[C@H]4C(=O)C[C@]5(C(=O)NS(=O)(=O)C6CC6)C[C@H]5C5CC5CCCCC[C@H](Cc5ccccc5)C(=O)N4C3)cc(-c3nc(C(C)C)cs3)nc2c1C. The molecule has 60 heavy (non-hydrogen) atoms. The minimum atomic E-state index is -3.81. The number of fused-ring (bicyclic) bond motifs is 5. The van der Waals surface area contributed by atoms with Crippen molar-refractivity contribution >= 4 is 49.9 Å². The molecule has 2 aromatic carbocycles. The number of nitrogens with zero attached hydrogens (tertiary/aromatic N) is 3. The van der Waals surface area contributed by atoms with Crippen LogP contribution in [0.15, 0.2) is 53.9 Å². The number of pyridine rings is 1. The second-order valence-corrected chi connectivity index (χ2v) is 21.3. The normalized spacial score (nSPS) is 28.3. The molecule has 0 bridgehead atoms. The molecule has 3 saturated carbocycles. The lowest BCUT2D eigenvalue weighted by Crippen LogP contribution is -2.46. The molecule has 2 saturated heterocycles. The van der Waals surface area contributed by atoms with Crippen molar-refractivity contribution in [2.24, 2.45) is 29.1 Å². The lowest BCUT2D eigenvalue weighted by molar-refractivity contribution is -0.142. The molecule has 5 fully saturated rings. The van der Waals surface area contributed by atoms with Crippen LogP contribution < -0.4 is 14.2 Å². The van der Waals surface area contributed by atoms with E-state index in [1.165, 1.54) is 11.3 Å². The number of nitrogens with one attached hydrogen (secondary N) is 1. The van der Waals surface area contributed by atoms with Gasteiger partial charge in [-0.3, -0.25) is 19.1 Å². The Hall–Kier alpha value is -4.36. The zero-order valence-electron chi connectivity index (χ0n) is 35.0. The van der Waals surface area contributed by atoms with E-state index in [1.807, 2.05) is 43.3 Å². The molecule has 2 aromatic heterocycles. The first kappa shape index (κ1) is 41.0. The van der Waals surface area contributed by atoms with Crippen molar-refractivity contribution in [3.05, 3.63) is 70.7 Å². The van der Waals surface area contributed by atoms with Crippen molar-refractivity contribution in [1.29, 1.82) is 0 Å². The number of thiazole rings is 1. The van der Waals surface area contributed by atoms with E-state index in [9.17, 15) is 22.8 Å². The Balaban J connectivity index is 1.07. The lowest BCUT2D eigenvalue weighted by Gasteiger charge is -2.29. The topological polar surface area (TPSA) is 145 Å². The quantitative estimate of drug-likeness (QED) is 0.167. The molecule has 0 spiro atoms. The second kappa shape index (κ2) is 16.2. The minimum Gasteiger partial charge on any atom is -0.496 e. The molecule has 2 aliphatic heterocycles. The van der Waals surface area contributed by atoms with Gasteiger partial charge in [-0.2, -0.15) is 0 Å². The summed E-state index contributed by atoms with van der Waals surface area (Å²) >= 11 is 1.53. The van der Waals surface area contributed by atoms with Crippen LogP contribution in [-0.4, -0.2) is 71.9 Å². The maximum absolute atomic E-state index is 15.0. The standard InChI is InChI=1S/C47H56N4O7S2/c1-27(2)38-26-59-44(49-38)37-22-42(34-17-18-41(57-4)28(3)43(34)48-37)58-32-21-39-40(52)24-47(46(54)50-60(55,56)33-15-16-33)23-36(47)35-20-30(35)13-9-6-10-14-31(45(53)51(39)25-32)19-29-11-7-5-8-12-29/h5,7-8,11-12,17-18,22,26-27,30-33,35-36,39H,6,9-10,13-16,19-21,23-25H2,1-4H3,(H,50,54)/t30?,31-,32-,35?,36+,39+,47-/m1/s1. The highest BCUT2D eigenvalue weighted by atomic mass is 32.2. The van der Waals surface area contributed by atoms with Crippen LogP contribution in [0.25, 0.3) is 21.6 Å². The van der Waals surface area contributed by atoms with Crippen LogP contribution in [0.3, 0.4) is 0 Å². The second-order valence-electron chi connectivity index (χ2n) is 18.5. The molecule has 2 amide bonds. The van der Waals surface area contributed by atoms with Crippen molar-refractivity contribution < 1.29 is 32.3 Å². The van der Waals surface area contributed by atoms with Gasteiger partial charge in [-0.05, 0) is 86.8 Å². The molecule has 4 heterocycles. The summed E-state index contributed by atoms with van der Waals surface area (Å²) in [5.74, 6) is 1.13. The summed E-state index contributed by atoms with van der Waals surface area (Å²) in [5, 5.41) is 3.06. The molecule has 11 nitrogen and oxygen atoms in total. The van der Waals surface area contributed by atoms with Crippen LogP contribution in [0.1, 0.15) is 107 Å². The van der Waals surface area contributed by atoms with Crippen LogP contribution in [0.4, 0.5) is 0 Å². The molecule has 4 aromatic rings. The van der Waals surface area contributed by atoms with E-state index in [2.05, 4.69) is 36.1 Å². The van der Waals surface area contributed by atoms with E-state index in [4.69, 9.17) is 19.4 Å². The average molecular weight is 853 g/mol. The Bertz CT molecular complexity index is 2410. The number of aryl methyl sites for hydroxylation is 1. The first-order chi connectivity index (χ1) is 28.8. The summed E-state index contributed by atoms with van der Waals surface area (Å²) in [5.41, 5.74) is 3.21. The van der Waals surface area contributed by atoms with Gasteiger partial charge in [-0.1, -0.05) is 69.9 Å². The molecule has 1 N–H and O–H groups in total. The van der Waals surface area contributed by atoms with E-state index in [-0.39, 0.29) is 48.8 Å². The average Bonchev–Trinajstić information content (AvgIpc) is 4.19. The number of benzene rings is 2. The molecule has 7 atom stereocenters. The first-order valence-electron chi connectivity index (χ1n) is 21.9. The number of aromatic nitrogens is 2. The van der Waals surface area contributed by atoms with E-state index >= 15 is 0 Å². The summed E-state index contributed by atoms with van der Waals surface area (Å²) in [7, 11) is -2.17. The summed E-state index contributed by atoms with van der Waals surface area (Å²) in [4.78, 5) is 55.8. The van der Waals surface area contributed by atoms with Gasteiger partial charge in [0.25, 0.3) is 0 Å². The maximum atomic E-state index is 15.0. The number of hydrogen-bond donors (Lipinski definition) is 1. The number of ether oxygens (including phenoxy) is 2. The number of carbonyl (C=O) groups excluding carboxylic acids is 3. The fourth-order valence-electron chi connectivity index (χ4n) is 10.2. The van der Waals surface area contributed by atoms with E-state index in [0.29, 0.717) is 61.1 Å². The predicted octanol–water partition coefficient (Wildman–Crippen LogP) is 8.18. The van der Waals surface area contributed by atoms with Gasteiger partial charge in [0, 0.05) is 41.2 Å². The summed E-state index contributed by atoms with van der Waals surface area (Å²) in [6.07, 6.45) is 7.49. The van der Waals surface area contributed by atoms with Gasteiger partial charge in [0.2, 0.25) is 21.8 Å². The number of amides is 2. The zero-order valence-corrected chi connectivity index (χ0v) is 36.7. The van der Waals surface area contributed by atoms with Crippen LogP contribution in [0.2, 0.25) is 0 Å². The van der Waals surface area contributed by atoms with Gasteiger partial charge in [0.05, 0.1) is 41.6 Å². The number of carbonyl (C=O) groups is 3. The van der Waals surface area contributed by atoms with Gasteiger partial charge in [0.15, 0.2) is 5.78 Å². The third kappa shape index (κ3) is 8.08. The van der Waals surface area contributed by atoms with E-state index in [1.54, 1.807) is 12.0 Å². The fourth-order valence-corrected chi connectivity index (χ4v) is 12.5. The number of hydrogen-bond acceptors (Lipinski definition) is 10. The highest BCUT2D eigenvalue weighted by Crippen LogP contribution is 2.68. The van der Waals surface area contributed by atoms with Gasteiger partial charge in [-0.25, -0.2) is 18.4 Å². The molecular formula is C47H56N4O7S2. The van der Waals surface area contributed by atoms with Crippen LogP contribution in [0, 0.1) is 36.0 Å². The number of rotatable bonds is 10. The van der Waals surface area contributed by atoms with Crippen molar-refractivity contribution in [2.45, 2.75) is 121 Å². The van der Waals surface area contributed by atoms with E-state index < -0.39 is 38.7 Å². The number of methoxy groups -OCH3 is 1. The summed E-state index contributed by atoms with van der Waals surface area (Å²) in [6, 6.07) is 15.0. The van der Waals surface area contributed by atoms with Crippen LogP contribution in [0.5, 0.6) is 11.5 Å². The minimum absolute atomic E-state index is 0.0432. The molecule has 13 heteroatoms. The van der Waals surface area contributed by atoms with Crippen molar-refractivity contribution in [2.75, 3.05) is 13.7 Å². The Morgan fingerprint density at radius 1 is 1.00 bits per heavy atom. The molecule has 5 aliphatic rings. The Morgan fingerprint density at radius 3 is 2.52 bits per heavy atom. The first-order valence-corrected chi connectivity index (χ1v) is 24.3. The van der Waals surface area contributed by atoms with Crippen LogP contribution >= 0.6 is 11.3 Å². The summed E-state index contributed by atoms with van der Waals surface area (Å²) < 4.78 is 41.3. The van der Waals surface area contributed by atoms with Gasteiger partial charge in [0.1, 0.15) is 28.3 Å². The largest absolute Gasteiger partial charge is 0.496 e. The molecule has 318 valence electrons. The van der Waals surface area contributed by atoms with Crippen LogP contribution in [-0.2, 0) is 30.8 Å². The van der Waals surface area contributed by atoms with E-state index in [0.717, 1.165) is 64.8 Å². The monoisotopic (exact) mass is 852 g/mol. The molecule has 3 aliphatic carbocycles. The third-order valence-electron chi connectivity index (χ3n) is 14.0. The molecular weight excluding hydrogens is 797 g/mol. The third-order valence-corrected chi connectivity index (χ3v) is 16.7. The Kier molecular flexibility index (Phi) is 11.0. The Morgan fingerprint density at radius 2 is 1.78 bits per heavy atom. The zero-order chi connectivity index (χ0) is 41.9. The number of Topliss-reactive ketones (excluding diaryl/α,β-unsaturated/α-hetero) is 1.